The predicted molar refractivity (Wildman–Crippen MR) is 70.0 cm³/mol. The Morgan fingerprint density at radius 1 is 1.53 bits per heavy atom. The topological polar surface area (TPSA) is 31.2 Å². The van der Waals surface area contributed by atoms with Crippen LogP contribution in [-0.2, 0) is 11.3 Å². The number of rotatable bonds is 6. The Morgan fingerprint density at radius 2 is 2.18 bits per heavy atom. The molecule has 96 valence electrons. The number of hydrogen-bond acceptors (Lipinski definition) is 2. The summed E-state index contributed by atoms with van der Waals surface area (Å²) in [6.45, 7) is 9.77. The lowest BCUT2D eigenvalue weighted by Gasteiger charge is -2.09. The SMILES string of the molecule is CCOCCn1c(C)cc(C(=O)C(C)Cl)c1C. The first kappa shape index (κ1) is 14.3. The lowest BCUT2D eigenvalue weighted by atomic mass is 10.1. The molecule has 1 unspecified atom stereocenters. The smallest absolute Gasteiger partial charge is 0.182 e. The number of aromatic nitrogens is 1. The Balaban J connectivity index is 2.90. The van der Waals surface area contributed by atoms with E-state index in [1.54, 1.807) is 6.92 Å². The summed E-state index contributed by atoms with van der Waals surface area (Å²) < 4.78 is 7.43. The molecular weight excluding hydrogens is 238 g/mol. The van der Waals surface area contributed by atoms with Gasteiger partial charge in [0.15, 0.2) is 5.78 Å². The fourth-order valence-electron chi connectivity index (χ4n) is 1.91. The Morgan fingerprint density at radius 3 is 2.71 bits per heavy atom. The van der Waals surface area contributed by atoms with Crippen LogP contribution in [0.5, 0.6) is 0 Å². The Bertz CT molecular complexity index is 396. The minimum absolute atomic E-state index is 0.0116. The quantitative estimate of drug-likeness (QED) is 0.446. The molecule has 0 aromatic carbocycles. The maximum absolute atomic E-state index is 11.9. The third kappa shape index (κ3) is 3.33. The Labute approximate surface area is 108 Å². The second kappa shape index (κ2) is 6.22. The van der Waals surface area contributed by atoms with Crippen molar-refractivity contribution in [2.75, 3.05) is 13.2 Å². The normalized spacial score (nSPS) is 12.8. The molecule has 4 heteroatoms. The van der Waals surface area contributed by atoms with E-state index < -0.39 is 5.38 Å². The van der Waals surface area contributed by atoms with Crippen LogP contribution >= 0.6 is 11.6 Å². The van der Waals surface area contributed by atoms with Crippen molar-refractivity contribution in [3.8, 4) is 0 Å². The van der Waals surface area contributed by atoms with E-state index in [-0.39, 0.29) is 5.78 Å². The highest BCUT2D eigenvalue weighted by Gasteiger charge is 2.18. The van der Waals surface area contributed by atoms with Gasteiger partial charge in [0.25, 0.3) is 0 Å². The molecule has 0 N–H and O–H groups in total. The molecule has 17 heavy (non-hydrogen) atoms. The molecule has 0 fully saturated rings. The van der Waals surface area contributed by atoms with Gasteiger partial charge in [0.05, 0.1) is 12.0 Å². The fraction of sp³-hybridized carbons (Fsp3) is 0.615. The zero-order valence-electron chi connectivity index (χ0n) is 10.9. The summed E-state index contributed by atoms with van der Waals surface area (Å²) >= 11 is 5.84. The number of halogens is 1. The summed E-state index contributed by atoms with van der Waals surface area (Å²) in [5, 5.41) is -0.476. The van der Waals surface area contributed by atoms with Crippen molar-refractivity contribution < 1.29 is 9.53 Å². The molecule has 3 nitrogen and oxygen atoms in total. The molecule has 0 spiro atoms. The first-order chi connectivity index (χ1) is 7.99. The van der Waals surface area contributed by atoms with Crippen molar-refractivity contribution >= 4 is 17.4 Å². The van der Waals surface area contributed by atoms with Crippen LogP contribution < -0.4 is 0 Å². The molecule has 1 rings (SSSR count). The van der Waals surface area contributed by atoms with Gasteiger partial charge in [-0.25, -0.2) is 0 Å². The average Bonchev–Trinajstić information content (AvgIpc) is 2.55. The third-order valence-electron chi connectivity index (χ3n) is 2.86. The van der Waals surface area contributed by atoms with Gasteiger partial charge in [-0.1, -0.05) is 0 Å². The summed E-state index contributed by atoms with van der Waals surface area (Å²) in [4.78, 5) is 11.9. The number of ketones is 1. The van der Waals surface area contributed by atoms with Crippen molar-refractivity contribution in [3.63, 3.8) is 0 Å². The molecule has 0 aliphatic heterocycles. The first-order valence-electron chi connectivity index (χ1n) is 5.91. The van der Waals surface area contributed by atoms with Gasteiger partial charge in [0.1, 0.15) is 0 Å². The standard InChI is InChI=1S/C13H20ClNO2/c1-5-17-7-6-15-9(2)8-12(11(15)4)13(16)10(3)14/h8,10H,5-7H2,1-4H3. The van der Waals surface area contributed by atoms with Gasteiger partial charge in [-0.3, -0.25) is 4.79 Å². The van der Waals surface area contributed by atoms with Crippen LogP contribution in [0.2, 0.25) is 0 Å². The Kier molecular flexibility index (Phi) is 5.22. The van der Waals surface area contributed by atoms with Crippen LogP contribution in [0.4, 0.5) is 0 Å². The van der Waals surface area contributed by atoms with Crippen LogP contribution in [-0.4, -0.2) is 28.9 Å². The Hall–Kier alpha value is -0.800. The van der Waals surface area contributed by atoms with E-state index in [9.17, 15) is 4.79 Å². The number of alkyl halides is 1. The van der Waals surface area contributed by atoms with Crippen LogP contribution in [0, 0.1) is 13.8 Å². The highest BCUT2D eigenvalue weighted by molar-refractivity contribution is 6.33. The van der Waals surface area contributed by atoms with E-state index in [4.69, 9.17) is 16.3 Å². The number of aryl methyl sites for hydroxylation is 1. The van der Waals surface area contributed by atoms with E-state index in [1.807, 2.05) is 26.8 Å². The monoisotopic (exact) mass is 257 g/mol. The van der Waals surface area contributed by atoms with E-state index in [0.717, 1.165) is 23.5 Å². The zero-order valence-corrected chi connectivity index (χ0v) is 11.7. The average molecular weight is 258 g/mol. The lowest BCUT2D eigenvalue weighted by Crippen LogP contribution is -2.13. The summed E-state index contributed by atoms with van der Waals surface area (Å²) in [7, 11) is 0. The molecule has 1 heterocycles. The van der Waals surface area contributed by atoms with Crippen molar-refractivity contribution in [3.05, 3.63) is 23.0 Å². The first-order valence-corrected chi connectivity index (χ1v) is 6.35. The van der Waals surface area contributed by atoms with Gasteiger partial charge in [0.2, 0.25) is 0 Å². The van der Waals surface area contributed by atoms with Gasteiger partial charge in [0, 0.05) is 30.1 Å². The van der Waals surface area contributed by atoms with Crippen molar-refractivity contribution in [1.29, 1.82) is 0 Å². The van der Waals surface area contributed by atoms with Crippen LogP contribution in [0.15, 0.2) is 6.07 Å². The van der Waals surface area contributed by atoms with Crippen LogP contribution in [0.1, 0.15) is 35.6 Å². The molecule has 0 bridgehead atoms. The van der Waals surface area contributed by atoms with E-state index >= 15 is 0 Å². The van der Waals surface area contributed by atoms with Gasteiger partial charge in [-0.05, 0) is 33.8 Å². The maximum atomic E-state index is 11.9. The molecule has 1 aromatic heterocycles. The summed E-state index contributed by atoms with van der Waals surface area (Å²) in [6.07, 6.45) is 0. The number of ether oxygens (including phenoxy) is 1. The number of nitrogens with zero attached hydrogens (tertiary/aromatic N) is 1. The molecule has 0 aliphatic carbocycles. The molecule has 0 amide bonds. The number of carbonyl (C=O) groups excluding carboxylic acids is 1. The highest BCUT2D eigenvalue weighted by Crippen LogP contribution is 2.18. The second-order valence-corrected chi connectivity index (χ2v) is 4.77. The summed E-state index contributed by atoms with van der Waals surface area (Å²) in [6, 6.07) is 1.91. The summed E-state index contributed by atoms with van der Waals surface area (Å²) in [5.74, 6) is -0.0116. The number of Topliss-reactive ketones (excluding diaryl/α,β-unsaturated/α-hetero) is 1. The van der Waals surface area contributed by atoms with Crippen molar-refractivity contribution in [2.45, 2.75) is 39.6 Å². The largest absolute Gasteiger partial charge is 0.380 e. The molecule has 0 saturated heterocycles. The molecule has 0 radical (unpaired) electrons. The minimum atomic E-state index is -0.476. The van der Waals surface area contributed by atoms with Crippen molar-refractivity contribution in [2.24, 2.45) is 0 Å². The third-order valence-corrected chi connectivity index (χ3v) is 3.06. The molecule has 1 aromatic rings. The molecular formula is C13H20ClNO2. The zero-order chi connectivity index (χ0) is 13.0. The van der Waals surface area contributed by atoms with E-state index in [1.165, 1.54) is 0 Å². The van der Waals surface area contributed by atoms with Gasteiger partial charge < -0.3 is 9.30 Å². The van der Waals surface area contributed by atoms with Crippen LogP contribution in [0.3, 0.4) is 0 Å². The second-order valence-electron chi connectivity index (χ2n) is 4.11. The lowest BCUT2D eigenvalue weighted by molar-refractivity contribution is 0.0990. The molecule has 1 atom stereocenters. The van der Waals surface area contributed by atoms with Gasteiger partial charge in [-0.15, -0.1) is 11.6 Å². The van der Waals surface area contributed by atoms with E-state index in [0.29, 0.717) is 13.2 Å². The van der Waals surface area contributed by atoms with E-state index in [2.05, 4.69) is 4.57 Å². The number of carbonyl (C=O) groups is 1. The predicted octanol–water partition coefficient (Wildman–Crippen LogP) is 2.95. The highest BCUT2D eigenvalue weighted by atomic mass is 35.5. The summed E-state index contributed by atoms with van der Waals surface area (Å²) in [5.41, 5.74) is 2.77. The van der Waals surface area contributed by atoms with Crippen LogP contribution in [0.25, 0.3) is 0 Å². The van der Waals surface area contributed by atoms with Crippen molar-refractivity contribution in [1.82, 2.24) is 4.57 Å². The maximum Gasteiger partial charge on any atom is 0.182 e. The minimum Gasteiger partial charge on any atom is -0.380 e. The van der Waals surface area contributed by atoms with Gasteiger partial charge in [-0.2, -0.15) is 0 Å². The number of hydrogen-bond donors (Lipinski definition) is 0. The molecule has 0 aliphatic rings. The van der Waals surface area contributed by atoms with Gasteiger partial charge >= 0.3 is 0 Å². The fourth-order valence-corrected chi connectivity index (χ4v) is 2.03. The molecule has 0 saturated carbocycles.